The number of nitrogens with zero attached hydrogens (tertiary/aromatic N) is 1. The average molecular weight is 290 g/mol. The standard InChI is InChI=1S/C13H17F3N2O2/c1-12(13(14,15)16)6-3-4-10(8-12)17-7-5-11(20-2)18(19)9-17/h3-5,7-8,11,18H,6,9H2,1-2H3. The molecule has 0 aromatic carbocycles. The molecule has 0 saturated heterocycles. The molecule has 2 aliphatic rings. The molecule has 0 bridgehead atoms. The number of quaternary nitrogens is 1. The number of allylic oxidation sites excluding steroid dienone is 3. The zero-order valence-electron chi connectivity index (χ0n) is 11.3. The van der Waals surface area contributed by atoms with Gasteiger partial charge in [0.05, 0.1) is 5.41 Å². The molecule has 112 valence electrons. The Morgan fingerprint density at radius 1 is 1.50 bits per heavy atom. The van der Waals surface area contributed by atoms with E-state index in [1.807, 2.05) is 0 Å². The summed E-state index contributed by atoms with van der Waals surface area (Å²) < 4.78 is 44.1. The smallest absolute Gasteiger partial charge is 0.397 e. The fourth-order valence-corrected chi connectivity index (χ4v) is 2.22. The van der Waals surface area contributed by atoms with Crippen LogP contribution in [-0.2, 0) is 4.74 Å². The second-order valence-electron chi connectivity index (χ2n) is 5.18. The lowest BCUT2D eigenvalue weighted by molar-refractivity contribution is -0.903. The Morgan fingerprint density at radius 2 is 2.20 bits per heavy atom. The predicted octanol–water partition coefficient (Wildman–Crippen LogP) is 1.54. The van der Waals surface area contributed by atoms with Crippen molar-refractivity contribution in [3.05, 3.63) is 41.4 Å². The second kappa shape index (κ2) is 5.23. The number of hydrogen-bond acceptors (Lipinski definition) is 3. The summed E-state index contributed by atoms with van der Waals surface area (Å²) in [5, 5.41) is 11.6. The zero-order valence-corrected chi connectivity index (χ0v) is 11.3. The molecule has 0 spiro atoms. The second-order valence-corrected chi connectivity index (χ2v) is 5.18. The average Bonchev–Trinajstić information content (AvgIpc) is 2.37. The predicted molar refractivity (Wildman–Crippen MR) is 67.0 cm³/mol. The Morgan fingerprint density at radius 3 is 2.75 bits per heavy atom. The maximum Gasteiger partial charge on any atom is 0.397 e. The summed E-state index contributed by atoms with van der Waals surface area (Å²) in [5.74, 6) is 0. The first-order valence-electron chi connectivity index (χ1n) is 6.23. The molecule has 1 N–H and O–H groups in total. The van der Waals surface area contributed by atoms with Crippen LogP contribution in [0.3, 0.4) is 0 Å². The number of ether oxygens (including phenoxy) is 1. The van der Waals surface area contributed by atoms with E-state index in [4.69, 9.17) is 4.74 Å². The number of rotatable bonds is 2. The van der Waals surface area contributed by atoms with Crippen molar-refractivity contribution < 1.29 is 23.0 Å². The molecule has 0 aromatic heterocycles. The van der Waals surface area contributed by atoms with E-state index >= 15 is 0 Å². The minimum absolute atomic E-state index is 0.0130. The van der Waals surface area contributed by atoms with Gasteiger partial charge in [-0.3, -0.25) is 0 Å². The first-order valence-corrected chi connectivity index (χ1v) is 6.23. The minimum Gasteiger partial charge on any atom is -0.631 e. The quantitative estimate of drug-likeness (QED) is 0.784. The number of nitrogens with one attached hydrogen (secondary N) is 1. The van der Waals surface area contributed by atoms with Crippen LogP contribution in [0, 0.1) is 10.6 Å². The summed E-state index contributed by atoms with van der Waals surface area (Å²) in [5.41, 5.74) is -1.51. The van der Waals surface area contributed by atoms with E-state index in [2.05, 4.69) is 0 Å². The Bertz CT molecular complexity index is 459. The lowest BCUT2D eigenvalue weighted by Crippen LogP contribution is -3.13. The van der Waals surface area contributed by atoms with Gasteiger partial charge in [0.1, 0.15) is 0 Å². The van der Waals surface area contributed by atoms with E-state index in [0.717, 1.165) is 6.92 Å². The van der Waals surface area contributed by atoms with Gasteiger partial charge in [-0.15, -0.1) is 0 Å². The van der Waals surface area contributed by atoms with Gasteiger partial charge < -0.3 is 19.9 Å². The van der Waals surface area contributed by atoms with E-state index in [0.29, 0.717) is 5.70 Å². The first kappa shape index (κ1) is 15.1. The molecule has 3 unspecified atom stereocenters. The van der Waals surface area contributed by atoms with Gasteiger partial charge in [0, 0.05) is 25.1 Å². The van der Waals surface area contributed by atoms with E-state index in [1.54, 1.807) is 18.4 Å². The molecule has 20 heavy (non-hydrogen) atoms. The van der Waals surface area contributed by atoms with Crippen LogP contribution in [0.4, 0.5) is 13.2 Å². The molecule has 1 aliphatic heterocycles. The SMILES string of the molecule is COC1C=CN(C2=CC(C)(C(F)(F)F)CC=C2)C[NH+]1[O-]. The van der Waals surface area contributed by atoms with Gasteiger partial charge in [-0.05, 0) is 25.5 Å². The molecule has 1 heterocycles. The number of hydrogen-bond donors (Lipinski definition) is 1. The monoisotopic (exact) mass is 290 g/mol. The van der Waals surface area contributed by atoms with Gasteiger partial charge in [0.15, 0.2) is 6.67 Å². The highest BCUT2D eigenvalue weighted by molar-refractivity contribution is 5.28. The Kier molecular flexibility index (Phi) is 3.95. The summed E-state index contributed by atoms with van der Waals surface area (Å²) in [6, 6.07) is 0. The summed E-state index contributed by atoms with van der Waals surface area (Å²) in [6.45, 7) is 1.17. The molecule has 0 amide bonds. The van der Waals surface area contributed by atoms with Crippen LogP contribution in [0.2, 0.25) is 0 Å². The van der Waals surface area contributed by atoms with E-state index in [9.17, 15) is 18.4 Å². The molecule has 0 radical (unpaired) electrons. The van der Waals surface area contributed by atoms with Crippen molar-refractivity contribution in [2.45, 2.75) is 25.7 Å². The molecule has 1 aliphatic carbocycles. The third kappa shape index (κ3) is 2.74. The van der Waals surface area contributed by atoms with Crippen LogP contribution < -0.4 is 5.06 Å². The molecule has 0 aromatic rings. The number of alkyl halides is 3. The highest BCUT2D eigenvalue weighted by Crippen LogP contribution is 2.45. The van der Waals surface area contributed by atoms with Gasteiger partial charge in [-0.25, -0.2) is 0 Å². The third-order valence-electron chi connectivity index (χ3n) is 3.61. The van der Waals surface area contributed by atoms with Gasteiger partial charge in [-0.1, -0.05) is 6.08 Å². The first-order chi connectivity index (χ1) is 9.27. The lowest BCUT2D eigenvalue weighted by atomic mass is 9.82. The maximum absolute atomic E-state index is 13.1. The lowest BCUT2D eigenvalue weighted by Gasteiger charge is -2.39. The molecular formula is C13H17F3N2O2. The number of halogens is 3. The molecule has 7 heteroatoms. The topological polar surface area (TPSA) is 40.0 Å². The van der Waals surface area contributed by atoms with Gasteiger partial charge in [-0.2, -0.15) is 13.2 Å². The van der Waals surface area contributed by atoms with Crippen LogP contribution in [-0.4, -0.2) is 31.1 Å². The van der Waals surface area contributed by atoms with Gasteiger partial charge in [0.25, 0.3) is 0 Å². The molecule has 0 fully saturated rings. The fraction of sp³-hybridized carbons (Fsp3) is 0.538. The number of methoxy groups -OCH3 is 1. The van der Waals surface area contributed by atoms with Crippen LogP contribution in [0.25, 0.3) is 0 Å². The highest BCUT2D eigenvalue weighted by atomic mass is 19.4. The van der Waals surface area contributed by atoms with Crippen molar-refractivity contribution in [3.63, 3.8) is 0 Å². The van der Waals surface area contributed by atoms with E-state index in [-0.39, 0.29) is 18.2 Å². The van der Waals surface area contributed by atoms with E-state index < -0.39 is 17.8 Å². The van der Waals surface area contributed by atoms with Crippen molar-refractivity contribution in [3.8, 4) is 0 Å². The Labute approximate surface area is 115 Å². The zero-order chi connectivity index (χ0) is 15.0. The maximum atomic E-state index is 13.1. The van der Waals surface area contributed by atoms with Gasteiger partial charge in [0.2, 0.25) is 6.23 Å². The van der Waals surface area contributed by atoms with Crippen LogP contribution in [0.1, 0.15) is 13.3 Å². The van der Waals surface area contributed by atoms with Crippen molar-refractivity contribution >= 4 is 0 Å². The largest absolute Gasteiger partial charge is 0.631 e. The fourth-order valence-electron chi connectivity index (χ4n) is 2.22. The molecule has 0 saturated carbocycles. The number of hydroxylamine groups is 2. The van der Waals surface area contributed by atoms with Crippen molar-refractivity contribution in [2.24, 2.45) is 5.41 Å². The Hall–Kier alpha value is -1.31. The third-order valence-corrected chi connectivity index (χ3v) is 3.61. The van der Waals surface area contributed by atoms with Crippen LogP contribution in [0.5, 0.6) is 0 Å². The van der Waals surface area contributed by atoms with Crippen LogP contribution >= 0.6 is 0 Å². The van der Waals surface area contributed by atoms with Crippen molar-refractivity contribution in [1.29, 1.82) is 0 Å². The van der Waals surface area contributed by atoms with Crippen molar-refractivity contribution in [2.75, 3.05) is 13.8 Å². The summed E-state index contributed by atoms with van der Waals surface area (Å²) in [7, 11) is 1.42. The summed E-state index contributed by atoms with van der Waals surface area (Å²) in [4.78, 5) is 1.51. The highest BCUT2D eigenvalue weighted by Gasteiger charge is 2.49. The Balaban J connectivity index is 2.23. The molecule has 2 rings (SSSR count). The molecule has 3 atom stereocenters. The normalized spacial score (nSPS) is 34.3. The van der Waals surface area contributed by atoms with E-state index in [1.165, 1.54) is 24.2 Å². The molecule has 4 nitrogen and oxygen atoms in total. The molecular weight excluding hydrogens is 273 g/mol. The van der Waals surface area contributed by atoms with Crippen molar-refractivity contribution in [1.82, 2.24) is 4.90 Å². The summed E-state index contributed by atoms with van der Waals surface area (Å²) in [6.07, 6.45) is 2.38. The van der Waals surface area contributed by atoms with Crippen LogP contribution in [0.15, 0.2) is 36.2 Å². The van der Waals surface area contributed by atoms with Gasteiger partial charge >= 0.3 is 6.18 Å². The summed E-state index contributed by atoms with van der Waals surface area (Å²) >= 11 is 0. The minimum atomic E-state index is -4.32.